The summed E-state index contributed by atoms with van der Waals surface area (Å²) >= 11 is 0. The zero-order valence-electron chi connectivity index (χ0n) is 15.4. The molecule has 0 aliphatic heterocycles. The molecule has 3 atom stereocenters. The van der Waals surface area contributed by atoms with E-state index in [1.54, 1.807) is 31.2 Å². The summed E-state index contributed by atoms with van der Waals surface area (Å²) < 4.78 is 10.8. The normalized spacial score (nSPS) is 21.2. The zero-order valence-corrected chi connectivity index (χ0v) is 15.4. The number of rotatable bonds is 7. The molecule has 25 heavy (non-hydrogen) atoms. The van der Waals surface area contributed by atoms with Crippen molar-refractivity contribution in [3.63, 3.8) is 0 Å². The summed E-state index contributed by atoms with van der Waals surface area (Å²) in [4.78, 5) is 24.5. The van der Waals surface area contributed by atoms with Gasteiger partial charge in [-0.05, 0) is 56.4 Å². The van der Waals surface area contributed by atoms with Crippen LogP contribution < -0.4 is 10.1 Å². The van der Waals surface area contributed by atoms with Gasteiger partial charge in [0.2, 0.25) is 0 Å². The molecule has 1 aromatic carbocycles. The van der Waals surface area contributed by atoms with Crippen molar-refractivity contribution in [1.29, 1.82) is 0 Å². The van der Waals surface area contributed by atoms with E-state index >= 15 is 0 Å². The van der Waals surface area contributed by atoms with Crippen molar-refractivity contribution in [2.24, 2.45) is 5.92 Å². The third kappa shape index (κ3) is 5.76. The van der Waals surface area contributed by atoms with Gasteiger partial charge in [-0.3, -0.25) is 4.79 Å². The lowest BCUT2D eigenvalue weighted by atomic mass is 9.86. The molecule has 0 spiro atoms. The smallest absolute Gasteiger partial charge is 0.338 e. The number of benzene rings is 1. The van der Waals surface area contributed by atoms with Gasteiger partial charge in [-0.25, -0.2) is 4.79 Å². The molecular formula is C20H29NO4. The first-order valence-electron chi connectivity index (χ1n) is 9.25. The van der Waals surface area contributed by atoms with Crippen LogP contribution in [0.4, 0.5) is 0 Å². The highest BCUT2D eigenvalue weighted by Gasteiger charge is 2.26. The average Bonchev–Trinajstić information content (AvgIpc) is 2.62. The van der Waals surface area contributed by atoms with E-state index < -0.39 is 12.1 Å². The lowest BCUT2D eigenvalue weighted by Gasteiger charge is -2.30. The summed E-state index contributed by atoms with van der Waals surface area (Å²) in [7, 11) is 0. The highest BCUT2D eigenvalue weighted by Crippen LogP contribution is 2.23. The minimum absolute atomic E-state index is 0.178. The summed E-state index contributed by atoms with van der Waals surface area (Å²) in [5, 5.41) is 3.02. The number of esters is 1. The van der Waals surface area contributed by atoms with Gasteiger partial charge < -0.3 is 14.8 Å². The SMILES string of the molecule is CCCOc1ccc(C(=O)O[C@H](C)C(=O)N[C@@H]2CCCC[C@@H]2C)cc1. The van der Waals surface area contributed by atoms with Gasteiger partial charge in [0.25, 0.3) is 5.91 Å². The lowest BCUT2D eigenvalue weighted by Crippen LogP contribution is -2.45. The summed E-state index contributed by atoms with van der Waals surface area (Å²) in [6.07, 6.45) is 4.60. The molecule has 0 aromatic heterocycles. The second kappa shape index (κ2) is 9.44. The standard InChI is InChI=1S/C20H29NO4/c1-4-13-24-17-11-9-16(10-12-17)20(23)25-15(3)19(22)21-18-8-6-5-7-14(18)2/h9-12,14-15,18H,4-8,13H2,1-3H3,(H,21,22)/t14-,15+,18+/m0/s1. The molecule has 1 fully saturated rings. The Morgan fingerprint density at radius 1 is 1.20 bits per heavy atom. The van der Waals surface area contributed by atoms with Crippen LogP contribution in [0.5, 0.6) is 5.75 Å². The number of hydrogen-bond acceptors (Lipinski definition) is 4. The van der Waals surface area contributed by atoms with Gasteiger partial charge in [-0.2, -0.15) is 0 Å². The molecule has 2 rings (SSSR count). The molecule has 1 aromatic rings. The quantitative estimate of drug-likeness (QED) is 0.764. The molecular weight excluding hydrogens is 318 g/mol. The highest BCUT2D eigenvalue weighted by atomic mass is 16.5. The van der Waals surface area contributed by atoms with Crippen molar-refractivity contribution in [3.05, 3.63) is 29.8 Å². The van der Waals surface area contributed by atoms with E-state index in [-0.39, 0.29) is 11.9 Å². The Morgan fingerprint density at radius 2 is 1.88 bits per heavy atom. The molecule has 0 radical (unpaired) electrons. The molecule has 1 aliphatic rings. The third-order valence-electron chi connectivity index (χ3n) is 4.66. The number of ether oxygens (including phenoxy) is 2. The van der Waals surface area contributed by atoms with Gasteiger partial charge in [0.05, 0.1) is 12.2 Å². The fourth-order valence-electron chi connectivity index (χ4n) is 3.02. The topological polar surface area (TPSA) is 64.6 Å². The molecule has 5 heteroatoms. The lowest BCUT2D eigenvalue weighted by molar-refractivity contribution is -0.130. The van der Waals surface area contributed by atoms with Crippen LogP contribution in [0, 0.1) is 5.92 Å². The first-order valence-corrected chi connectivity index (χ1v) is 9.25. The number of nitrogens with one attached hydrogen (secondary N) is 1. The Balaban J connectivity index is 1.85. The Hall–Kier alpha value is -2.04. The third-order valence-corrected chi connectivity index (χ3v) is 4.66. The fraction of sp³-hybridized carbons (Fsp3) is 0.600. The number of amides is 1. The van der Waals surface area contributed by atoms with Crippen molar-refractivity contribution in [2.75, 3.05) is 6.61 Å². The Labute approximate surface area is 150 Å². The van der Waals surface area contributed by atoms with Crippen molar-refractivity contribution in [2.45, 2.75) is 65.0 Å². The van der Waals surface area contributed by atoms with Gasteiger partial charge in [-0.1, -0.05) is 26.7 Å². The Kier molecular flexibility index (Phi) is 7.29. The molecule has 1 N–H and O–H groups in total. The number of hydrogen-bond donors (Lipinski definition) is 1. The molecule has 0 heterocycles. The van der Waals surface area contributed by atoms with Crippen LogP contribution in [-0.4, -0.2) is 30.6 Å². The van der Waals surface area contributed by atoms with Gasteiger partial charge >= 0.3 is 5.97 Å². The minimum atomic E-state index is -0.808. The van der Waals surface area contributed by atoms with Crippen LogP contribution >= 0.6 is 0 Å². The Morgan fingerprint density at radius 3 is 2.52 bits per heavy atom. The summed E-state index contributed by atoms with van der Waals surface area (Å²) in [5.41, 5.74) is 0.412. The fourth-order valence-corrected chi connectivity index (χ4v) is 3.02. The van der Waals surface area contributed by atoms with Gasteiger partial charge in [-0.15, -0.1) is 0 Å². The molecule has 138 valence electrons. The minimum Gasteiger partial charge on any atom is -0.494 e. The van der Waals surface area contributed by atoms with E-state index in [2.05, 4.69) is 12.2 Å². The molecule has 0 saturated heterocycles. The maximum Gasteiger partial charge on any atom is 0.338 e. The molecule has 1 aliphatic carbocycles. The van der Waals surface area contributed by atoms with E-state index in [1.807, 2.05) is 6.92 Å². The van der Waals surface area contributed by atoms with Gasteiger partial charge in [0, 0.05) is 6.04 Å². The molecule has 1 amide bonds. The van der Waals surface area contributed by atoms with E-state index in [4.69, 9.17) is 9.47 Å². The van der Waals surface area contributed by atoms with Gasteiger partial charge in [0.15, 0.2) is 6.10 Å². The van der Waals surface area contributed by atoms with Crippen molar-refractivity contribution >= 4 is 11.9 Å². The van der Waals surface area contributed by atoms with E-state index in [0.29, 0.717) is 18.1 Å². The maximum absolute atomic E-state index is 12.3. The number of carbonyl (C=O) groups is 2. The van der Waals surface area contributed by atoms with Crippen LogP contribution in [-0.2, 0) is 9.53 Å². The van der Waals surface area contributed by atoms with Crippen molar-refractivity contribution < 1.29 is 19.1 Å². The van der Waals surface area contributed by atoms with Crippen LogP contribution in [0.3, 0.4) is 0 Å². The summed E-state index contributed by atoms with van der Waals surface area (Å²) in [5.74, 6) is 0.461. The summed E-state index contributed by atoms with van der Waals surface area (Å²) in [6, 6.07) is 6.96. The van der Waals surface area contributed by atoms with E-state index in [9.17, 15) is 9.59 Å². The Bertz CT molecular complexity index is 570. The average molecular weight is 347 g/mol. The van der Waals surface area contributed by atoms with Gasteiger partial charge in [0.1, 0.15) is 5.75 Å². The summed E-state index contributed by atoms with van der Waals surface area (Å²) in [6.45, 7) is 6.44. The molecule has 1 saturated carbocycles. The monoisotopic (exact) mass is 347 g/mol. The highest BCUT2D eigenvalue weighted by molar-refractivity contribution is 5.92. The molecule has 0 bridgehead atoms. The van der Waals surface area contributed by atoms with Crippen LogP contribution in [0.1, 0.15) is 63.2 Å². The first-order chi connectivity index (χ1) is 12.0. The first kappa shape index (κ1) is 19.3. The second-order valence-corrected chi connectivity index (χ2v) is 6.80. The number of carbonyl (C=O) groups excluding carboxylic acids is 2. The van der Waals surface area contributed by atoms with Crippen LogP contribution in [0.25, 0.3) is 0 Å². The predicted molar refractivity (Wildman–Crippen MR) is 96.7 cm³/mol. The van der Waals surface area contributed by atoms with Crippen molar-refractivity contribution in [3.8, 4) is 5.75 Å². The second-order valence-electron chi connectivity index (χ2n) is 6.80. The molecule has 5 nitrogen and oxygen atoms in total. The maximum atomic E-state index is 12.3. The van der Waals surface area contributed by atoms with E-state index in [0.717, 1.165) is 31.4 Å². The van der Waals surface area contributed by atoms with Crippen molar-refractivity contribution in [1.82, 2.24) is 5.32 Å². The predicted octanol–water partition coefficient (Wildman–Crippen LogP) is 3.72. The molecule has 0 unspecified atom stereocenters. The van der Waals surface area contributed by atoms with E-state index in [1.165, 1.54) is 6.42 Å². The van der Waals surface area contributed by atoms with Crippen LogP contribution in [0.2, 0.25) is 0 Å². The van der Waals surface area contributed by atoms with Crippen LogP contribution in [0.15, 0.2) is 24.3 Å². The largest absolute Gasteiger partial charge is 0.494 e. The zero-order chi connectivity index (χ0) is 18.2.